The average Bonchev–Trinajstić information content (AvgIpc) is 2.65. The van der Waals surface area contributed by atoms with Crippen molar-refractivity contribution in [3.05, 3.63) is 23.8 Å². The minimum absolute atomic E-state index is 0.0215. The third kappa shape index (κ3) is 1.71. The van der Waals surface area contributed by atoms with E-state index in [9.17, 15) is 4.79 Å². The van der Waals surface area contributed by atoms with Gasteiger partial charge in [-0.2, -0.15) is 0 Å². The average molecular weight is 220 g/mol. The fourth-order valence-electron chi connectivity index (χ4n) is 2.04. The number of hydrogen-bond donors (Lipinski definition) is 1. The van der Waals surface area contributed by atoms with Crippen LogP contribution in [0.4, 0.5) is 10.5 Å². The van der Waals surface area contributed by atoms with Gasteiger partial charge in [0.2, 0.25) is 0 Å². The molecular weight excluding hydrogens is 204 g/mol. The molecule has 16 heavy (non-hydrogen) atoms. The van der Waals surface area contributed by atoms with Gasteiger partial charge in [-0.15, -0.1) is 0 Å². The molecule has 0 saturated carbocycles. The number of benzene rings is 1. The number of primary amides is 1. The summed E-state index contributed by atoms with van der Waals surface area (Å²) in [5, 5.41) is 0. The predicted molar refractivity (Wildman–Crippen MR) is 62.8 cm³/mol. The van der Waals surface area contributed by atoms with E-state index >= 15 is 0 Å². The number of amides is 2. The Bertz CT molecular complexity index is 415. The van der Waals surface area contributed by atoms with Crippen molar-refractivity contribution in [2.75, 3.05) is 11.5 Å². The first kappa shape index (κ1) is 10.8. The Hall–Kier alpha value is -1.71. The molecule has 0 aliphatic carbocycles. The van der Waals surface area contributed by atoms with Gasteiger partial charge in [0.1, 0.15) is 5.75 Å². The number of carbonyl (C=O) groups excluding carboxylic acids is 1. The summed E-state index contributed by atoms with van der Waals surface area (Å²) < 4.78 is 5.56. The first-order valence-electron chi connectivity index (χ1n) is 5.44. The quantitative estimate of drug-likeness (QED) is 0.827. The van der Waals surface area contributed by atoms with Crippen molar-refractivity contribution in [2.24, 2.45) is 5.73 Å². The molecule has 0 aromatic heterocycles. The van der Waals surface area contributed by atoms with E-state index in [-0.39, 0.29) is 6.04 Å². The first-order valence-corrected chi connectivity index (χ1v) is 5.44. The Morgan fingerprint density at radius 3 is 2.88 bits per heavy atom. The summed E-state index contributed by atoms with van der Waals surface area (Å²) in [6.07, 6.45) is 0.897. The number of para-hydroxylation sites is 1. The standard InChI is InChI=1S/C12H16N2O2/c1-8(2)14(12(13)15)10-5-3-4-9-6-7-16-11(9)10/h3-5,8H,6-7H2,1-2H3,(H2,13,15). The Balaban J connectivity index is 2.46. The lowest BCUT2D eigenvalue weighted by Gasteiger charge is -2.26. The molecule has 1 aromatic carbocycles. The number of nitrogens with two attached hydrogens (primary N) is 1. The molecule has 2 amide bonds. The molecule has 0 spiro atoms. The van der Waals surface area contributed by atoms with Crippen LogP contribution in [0.2, 0.25) is 0 Å². The summed E-state index contributed by atoms with van der Waals surface area (Å²) in [5.41, 5.74) is 7.31. The van der Waals surface area contributed by atoms with Crippen molar-refractivity contribution < 1.29 is 9.53 Å². The van der Waals surface area contributed by atoms with Crippen molar-refractivity contribution in [3.63, 3.8) is 0 Å². The molecule has 0 bridgehead atoms. The van der Waals surface area contributed by atoms with Crippen molar-refractivity contribution in [3.8, 4) is 5.75 Å². The molecule has 1 aliphatic rings. The van der Waals surface area contributed by atoms with Crippen LogP contribution in [0.5, 0.6) is 5.75 Å². The number of nitrogens with zero attached hydrogens (tertiary/aromatic N) is 1. The van der Waals surface area contributed by atoms with Gasteiger partial charge in [0, 0.05) is 12.5 Å². The number of carbonyl (C=O) groups is 1. The molecule has 0 saturated heterocycles. The number of hydrogen-bond acceptors (Lipinski definition) is 2. The highest BCUT2D eigenvalue weighted by Crippen LogP contribution is 2.36. The van der Waals surface area contributed by atoms with E-state index in [1.807, 2.05) is 32.0 Å². The molecule has 1 aliphatic heterocycles. The Morgan fingerprint density at radius 1 is 1.50 bits per heavy atom. The summed E-state index contributed by atoms with van der Waals surface area (Å²) in [6.45, 7) is 4.54. The third-order valence-electron chi connectivity index (χ3n) is 2.71. The van der Waals surface area contributed by atoms with E-state index in [0.717, 1.165) is 23.4 Å². The zero-order valence-electron chi connectivity index (χ0n) is 9.56. The summed E-state index contributed by atoms with van der Waals surface area (Å²) >= 11 is 0. The topological polar surface area (TPSA) is 55.6 Å². The van der Waals surface area contributed by atoms with Crippen LogP contribution in [0.25, 0.3) is 0 Å². The fourth-order valence-corrected chi connectivity index (χ4v) is 2.04. The van der Waals surface area contributed by atoms with Gasteiger partial charge in [0.15, 0.2) is 0 Å². The molecule has 0 unspecified atom stereocenters. The molecule has 1 heterocycles. The van der Waals surface area contributed by atoms with Gasteiger partial charge in [-0.1, -0.05) is 12.1 Å². The predicted octanol–water partition coefficient (Wildman–Crippen LogP) is 1.92. The lowest BCUT2D eigenvalue weighted by molar-refractivity contribution is 0.252. The van der Waals surface area contributed by atoms with Gasteiger partial charge in [-0.05, 0) is 25.5 Å². The Kier molecular flexibility index (Phi) is 2.73. The normalized spacial score (nSPS) is 13.4. The van der Waals surface area contributed by atoms with Crippen LogP contribution in [0.15, 0.2) is 18.2 Å². The van der Waals surface area contributed by atoms with Crippen LogP contribution >= 0.6 is 0 Å². The molecule has 86 valence electrons. The smallest absolute Gasteiger partial charge is 0.319 e. The van der Waals surface area contributed by atoms with E-state index in [1.165, 1.54) is 0 Å². The van der Waals surface area contributed by atoms with E-state index in [4.69, 9.17) is 10.5 Å². The van der Waals surface area contributed by atoms with Crippen molar-refractivity contribution in [1.82, 2.24) is 0 Å². The number of fused-ring (bicyclic) bond motifs is 1. The molecule has 2 rings (SSSR count). The largest absolute Gasteiger partial charge is 0.491 e. The Labute approximate surface area is 95.0 Å². The second kappa shape index (κ2) is 4.04. The maximum atomic E-state index is 11.4. The Morgan fingerprint density at radius 2 is 2.25 bits per heavy atom. The summed E-state index contributed by atoms with van der Waals surface area (Å²) in [6, 6.07) is 5.40. The van der Waals surface area contributed by atoms with Gasteiger partial charge >= 0.3 is 6.03 Å². The van der Waals surface area contributed by atoms with Crippen LogP contribution in [0.1, 0.15) is 19.4 Å². The van der Waals surface area contributed by atoms with E-state index in [2.05, 4.69) is 0 Å². The van der Waals surface area contributed by atoms with E-state index in [1.54, 1.807) is 4.90 Å². The highest BCUT2D eigenvalue weighted by Gasteiger charge is 2.24. The van der Waals surface area contributed by atoms with Crippen molar-refractivity contribution in [1.29, 1.82) is 0 Å². The summed E-state index contributed by atoms with van der Waals surface area (Å²) in [7, 11) is 0. The molecule has 2 N–H and O–H groups in total. The van der Waals surface area contributed by atoms with Crippen molar-refractivity contribution in [2.45, 2.75) is 26.3 Å². The third-order valence-corrected chi connectivity index (χ3v) is 2.71. The zero-order valence-corrected chi connectivity index (χ0v) is 9.56. The van der Waals surface area contributed by atoms with Gasteiger partial charge in [-0.25, -0.2) is 4.79 Å². The van der Waals surface area contributed by atoms with E-state index < -0.39 is 6.03 Å². The maximum Gasteiger partial charge on any atom is 0.319 e. The summed E-state index contributed by atoms with van der Waals surface area (Å²) in [5.74, 6) is 0.801. The van der Waals surface area contributed by atoms with Gasteiger partial charge in [0.05, 0.1) is 12.3 Å². The minimum Gasteiger partial charge on any atom is -0.491 e. The second-order valence-corrected chi connectivity index (χ2v) is 4.17. The molecule has 0 atom stereocenters. The first-order chi connectivity index (χ1) is 7.61. The second-order valence-electron chi connectivity index (χ2n) is 4.17. The molecule has 0 radical (unpaired) electrons. The number of anilines is 1. The molecule has 1 aromatic rings. The monoisotopic (exact) mass is 220 g/mol. The van der Waals surface area contributed by atoms with E-state index in [0.29, 0.717) is 6.61 Å². The lowest BCUT2D eigenvalue weighted by Crippen LogP contribution is -2.41. The lowest BCUT2D eigenvalue weighted by atomic mass is 10.1. The van der Waals surface area contributed by atoms with Gasteiger partial charge in [0.25, 0.3) is 0 Å². The van der Waals surface area contributed by atoms with Gasteiger partial charge < -0.3 is 10.5 Å². The number of ether oxygens (including phenoxy) is 1. The molecule has 4 heteroatoms. The zero-order chi connectivity index (χ0) is 11.7. The highest BCUT2D eigenvalue weighted by molar-refractivity contribution is 5.93. The molecule has 4 nitrogen and oxygen atoms in total. The highest BCUT2D eigenvalue weighted by atomic mass is 16.5. The minimum atomic E-state index is -0.445. The maximum absolute atomic E-state index is 11.4. The van der Waals surface area contributed by atoms with Crippen molar-refractivity contribution >= 4 is 11.7 Å². The molecule has 0 fully saturated rings. The fraction of sp³-hybridized carbons (Fsp3) is 0.417. The SMILES string of the molecule is CC(C)N(C(N)=O)c1cccc2c1OCC2. The number of urea groups is 1. The van der Waals surface area contributed by atoms with Crippen LogP contribution in [-0.4, -0.2) is 18.7 Å². The van der Waals surface area contributed by atoms with Crippen LogP contribution in [0, 0.1) is 0 Å². The summed E-state index contributed by atoms with van der Waals surface area (Å²) in [4.78, 5) is 13.0. The van der Waals surface area contributed by atoms with Crippen LogP contribution < -0.4 is 15.4 Å². The number of rotatable bonds is 2. The van der Waals surface area contributed by atoms with Crippen LogP contribution in [-0.2, 0) is 6.42 Å². The van der Waals surface area contributed by atoms with Gasteiger partial charge in [-0.3, -0.25) is 4.90 Å². The molecular formula is C12H16N2O2. The van der Waals surface area contributed by atoms with Crippen LogP contribution in [0.3, 0.4) is 0 Å².